The van der Waals surface area contributed by atoms with Crippen molar-refractivity contribution in [2.75, 3.05) is 33.3 Å². The molecular formula is C13H17NO6. The van der Waals surface area contributed by atoms with E-state index in [-0.39, 0.29) is 41.7 Å². The molecule has 1 amide bonds. The topological polar surface area (TPSA) is 94.1 Å². The molecule has 20 heavy (non-hydrogen) atoms. The summed E-state index contributed by atoms with van der Waals surface area (Å²) in [6.45, 7) is 0.268. The van der Waals surface area contributed by atoms with Crippen LogP contribution in [0.3, 0.4) is 0 Å². The van der Waals surface area contributed by atoms with Crippen LogP contribution in [0.2, 0.25) is 0 Å². The van der Waals surface area contributed by atoms with E-state index < -0.39 is 5.97 Å². The minimum Gasteiger partial charge on any atom is -0.493 e. The number of benzene rings is 1. The lowest BCUT2D eigenvalue weighted by molar-refractivity contribution is -0.117. The van der Waals surface area contributed by atoms with Crippen molar-refractivity contribution in [1.29, 1.82) is 0 Å². The molecule has 0 bridgehead atoms. The summed E-state index contributed by atoms with van der Waals surface area (Å²) < 4.78 is 15.0. The van der Waals surface area contributed by atoms with Gasteiger partial charge in [0.15, 0.2) is 11.5 Å². The zero-order valence-corrected chi connectivity index (χ0v) is 11.6. The summed E-state index contributed by atoms with van der Waals surface area (Å²) >= 11 is 0. The Hall–Kier alpha value is -2.28. The number of carboxylic acid groups (broad SMARTS) is 1. The molecule has 0 aliphatic carbocycles. The molecule has 7 nitrogen and oxygen atoms in total. The van der Waals surface area contributed by atoms with Crippen molar-refractivity contribution < 1.29 is 28.9 Å². The van der Waals surface area contributed by atoms with Crippen LogP contribution in [0.25, 0.3) is 0 Å². The van der Waals surface area contributed by atoms with Gasteiger partial charge in [-0.1, -0.05) is 0 Å². The highest BCUT2D eigenvalue weighted by Crippen LogP contribution is 2.36. The van der Waals surface area contributed by atoms with Gasteiger partial charge < -0.3 is 24.6 Å². The van der Waals surface area contributed by atoms with Gasteiger partial charge in [0.1, 0.15) is 0 Å². The second-order valence-corrected chi connectivity index (χ2v) is 3.86. The fraction of sp³-hybridized carbons (Fsp3) is 0.385. The molecule has 1 aromatic rings. The number of hydrogen-bond acceptors (Lipinski definition) is 5. The van der Waals surface area contributed by atoms with Gasteiger partial charge in [-0.15, -0.1) is 0 Å². The van der Waals surface area contributed by atoms with E-state index in [0.717, 1.165) is 0 Å². The first kappa shape index (κ1) is 15.8. The van der Waals surface area contributed by atoms with E-state index in [4.69, 9.17) is 19.3 Å². The van der Waals surface area contributed by atoms with Crippen molar-refractivity contribution in [3.63, 3.8) is 0 Å². The van der Waals surface area contributed by atoms with Gasteiger partial charge in [0.2, 0.25) is 5.91 Å². The van der Waals surface area contributed by atoms with Crippen molar-refractivity contribution in [3.8, 4) is 11.5 Å². The van der Waals surface area contributed by atoms with Gasteiger partial charge in [-0.05, 0) is 12.1 Å². The zero-order chi connectivity index (χ0) is 15.1. The number of carboxylic acids is 1. The smallest absolute Gasteiger partial charge is 0.335 e. The SMILES string of the molecule is COCCC(=O)Nc1cc(C(=O)O)cc(OC)c1OC. The Bertz CT molecular complexity index is 500. The van der Waals surface area contributed by atoms with Crippen molar-refractivity contribution >= 4 is 17.6 Å². The van der Waals surface area contributed by atoms with E-state index in [1.165, 1.54) is 33.5 Å². The average Bonchev–Trinajstić information content (AvgIpc) is 2.43. The summed E-state index contributed by atoms with van der Waals surface area (Å²) in [5, 5.41) is 11.6. The first-order chi connectivity index (χ1) is 9.53. The molecule has 1 aromatic carbocycles. The lowest BCUT2D eigenvalue weighted by Gasteiger charge is -2.14. The predicted octanol–water partition coefficient (Wildman–Crippen LogP) is 1.38. The number of nitrogens with one attached hydrogen (secondary N) is 1. The molecule has 0 radical (unpaired) electrons. The monoisotopic (exact) mass is 283 g/mol. The Balaban J connectivity index is 3.11. The molecule has 1 rings (SSSR count). The number of aromatic carboxylic acids is 1. The number of rotatable bonds is 7. The molecule has 110 valence electrons. The summed E-state index contributed by atoms with van der Waals surface area (Å²) in [7, 11) is 4.28. The first-order valence-corrected chi connectivity index (χ1v) is 5.81. The van der Waals surface area contributed by atoms with Gasteiger partial charge in [-0.2, -0.15) is 0 Å². The number of carbonyl (C=O) groups is 2. The summed E-state index contributed by atoms with van der Waals surface area (Å²) in [5.74, 6) is -0.939. The molecule has 0 unspecified atom stereocenters. The minimum atomic E-state index is -1.13. The van der Waals surface area contributed by atoms with Crippen LogP contribution in [-0.4, -0.2) is 44.9 Å². The number of amides is 1. The highest BCUT2D eigenvalue weighted by Gasteiger charge is 2.17. The Morgan fingerprint density at radius 3 is 2.40 bits per heavy atom. The number of carbonyl (C=O) groups excluding carboxylic acids is 1. The molecule has 0 atom stereocenters. The third-order valence-corrected chi connectivity index (χ3v) is 2.53. The van der Waals surface area contributed by atoms with Gasteiger partial charge in [0, 0.05) is 7.11 Å². The normalized spacial score (nSPS) is 9.95. The number of hydrogen-bond donors (Lipinski definition) is 2. The van der Waals surface area contributed by atoms with Crippen molar-refractivity contribution in [2.45, 2.75) is 6.42 Å². The zero-order valence-electron chi connectivity index (χ0n) is 11.6. The Morgan fingerprint density at radius 2 is 1.90 bits per heavy atom. The van der Waals surface area contributed by atoms with Gasteiger partial charge >= 0.3 is 5.97 Å². The molecule has 0 aromatic heterocycles. The molecule has 0 fully saturated rings. The summed E-state index contributed by atoms with van der Waals surface area (Å²) in [5.41, 5.74) is 0.232. The van der Waals surface area contributed by atoms with E-state index in [1.807, 2.05) is 0 Å². The number of ether oxygens (including phenoxy) is 3. The maximum Gasteiger partial charge on any atom is 0.335 e. The molecular weight excluding hydrogens is 266 g/mol. The summed E-state index contributed by atoms with van der Waals surface area (Å²) in [6, 6.07) is 2.64. The van der Waals surface area contributed by atoms with Crippen molar-refractivity contribution in [3.05, 3.63) is 17.7 Å². The van der Waals surface area contributed by atoms with Crippen LogP contribution in [0.15, 0.2) is 12.1 Å². The van der Waals surface area contributed by atoms with E-state index in [9.17, 15) is 9.59 Å². The second kappa shape index (κ2) is 7.34. The first-order valence-electron chi connectivity index (χ1n) is 5.81. The third-order valence-electron chi connectivity index (χ3n) is 2.53. The van der Waals surface area contributed by atoms with Gasteiger partial charge in [-0.25, -0.2) is 4.79 Å². The second-order valence-electron chi connectivity index (χ2n) is 3.86. The predicted molar refractivity (Wildman–Crippen MR) is 71.6 cm³/mol. The lowest BCUT2D eigenvalue weighted by Crippen LogP contribution is -2.15. The number of anilines is 1. The largest absolute Gasteiger partial charge is 0.493 e. The molecule has 0 aliphatic heterocycles. The minimum absolute atomic E-state index is 0.00954. The van der Waals surface area contributed by atoms with Gasteiger partial charge in [-0.3, -0.25) is 4.79 Å². The molecule has 0 saturated carbocycles. The van der Waals surface area contributed by atoms with Crippen LogP contribution in [-0.2, 0) is 9.53 Å². The van der Waals surface area contributed by atoms with Crippen LogP contribution in [0, 0.1) is 0 Å². The van der Waals surface area contributed by atoms with Crippen molar-refractivity contribution in [2.24, 2.45) is 0 Å². The quantitative estimate of drug-likeness (QED) is 0.785. The Kier molecular flexibility index (Phi) is 5.79. The Labute approximate surface area is 116 Å². The highest BCUT2D eigenvalue weighted by atomic mass is 16.5. The van der Waals surface area contributed by atoms with E-state index >= 15 is 0 Å². The van der Waals surface area contributed by atoms with E-state index in [0.29, 0.717) is 0 Å². The molecule has 0 spiro atoms. The standard InChI is InChI=1S/C13H17NO6/c1-18-5-4-11(15)14-9-6-8(13(16)17)7-10(19-2)12(9)20-3/h6-7H,4-5H2,1-3H3,(H,14,15)(H,16,17). The number of methoxy groups -OCH3 is 3. The molecule has 0 aliphatic rings. The molecule has 0 saturated heterocycles. The fourth-order valence-electron chi connectivity index (χ4n) is 1.59. The summed E-state index contributed by atoms with van der Waals surface area (Å²) in [4.78, 5) is 22.7. The van der Waals surface area contributed by atoms with Gasteiger partial charge in [0.25, 0.3) is 0 Å². The van der Waals surface area contributed by atoms with Crippen LogP contribution < -0.4 is 14.8 Å². The van der Waals surface area contributed by atoms with Crippen LogP contribution in [0.1, 0.15) is 16.8 Å². The Morgan fingerprint density at radius 1 is 1.20 bits per heavy atom. The van der Waals surface area contributed by atoms with E-state index in [2.05, 4.69) is 5.32 Å². The third kappa shape index (κ3) is 3.86. The maximum atomic E-state index is 11.7. The summed E-state index contributed by atoms with van der Waals surface area (Å²) in [6.07, 6.45) is 0.152. The van der Waals surface area contributed by atoms with Crippen LogP contribution in [0.4, 0.5) is 5.69 Å². The molecule has 0 heterocycles. The van der Waals surface area contributed by atoms with Crippen LogP contribution >= 0.6 is 0 Å². The fourth-order valence-corrected chi connectivity index (χ4v) is 1.59. The van der Waals surface area contributed by atoms with Gasteiger partial charge in [0.05, 0.1) is 38.5 Å². The average molecular weight is 283 g/mol. The lowest BCUT2D eigenvalue weighted by atomic mass is 10.1. The van der Waals surface area contributed by atoms with Crippen molar-refractivity contribution in [1.82, 2.24) is 0 Å². The molecule has 7 heteroatoms. The van der Waals surface area contributed by atoms with Crippen LogP contribution in [0.5, 0.6) is 11.5 Å². The van der Waals surface area contributed by atoms with E-state index in [1.54, 1.807) is 0 Å². The maximum absolute atomic E-state index is 11.7. The molecule has 2 N–H and O–H groups in total. The highest BCUT2D eigenvalue weighted by molar-refractivity contribution is 5.96.